The molecule has 0 radical (unpaired) electrons. The SMILES string of the molecule is COc1ccc(CCN2CCN(C(=O)c3cc([N+](=O)[O-])ccc3N3CCC(C)CC3)CC2)cc1. The minimum Gasteiger partial charge on any atom is -0.497 e. The highest BCUT2D eigenvalue weighted by molar-refractivity contribution is 6.00. The van der Waals surface area contributed by atoms with Crippen LogP contribution in [-0.4, -0.2) is 73.6 Å². The first-order valence-electron chi connectivity index (χ1n) is 12.1. The Morgan fingerprint density at radius 3 is 2.32 bits per heavy atom. The molecule has 2 heterocycles. The number of amides is 1. The van der Waals surface area contributed by atoms with Gasteiger partial charge in [-0.1, -0.05) is 19.1 Å². The Labute approximate surface area is 201 Å². The lowest BCUT2D eigenvalue weighted by Crippen LogP contribution is -2.49. The Bertz CT molecular complexity index is 994. The van der Waals surface area contributed by atoms with E-state index in [0.717, 1.165) is 63.4 Å². The molecule has 2 aliphatic rings. The molecular formula is C26H34N4O4. The summed E-state index contributed by atoms with van der Waals surface area (Å²) in [5.74, 6) is 1.42. The van der Waals surface area contributed by atoms with E-state index in [0.29, 0.717) is 24.6 Å². The molecule has 182 valence electrons. The summed E-state index contributed by atoms with van der Waals surface area (Å²) in [6.07, 6.45) is 3.08. The van der Waals surface area contributed by atoms with Gasteiger partial charge in [-0.05, 0) is 48.9 Å². The average molecular weight is 467 g/mol. The van der Waals surface area contributed by atoms with E-state index in [1.165, 1.54) is 17.7 Å². The number of methoxy groups -OCH3 is 1. The van der Waals surface area contributed by atoms with Gasteiger partial charge in [-0.2, -0.15) is 0 Å². The van der Waals surface area contributed by atoms with Gasteiger partial charge in [0, 0.05) is 57.9 Å². The molecule has 2 aromatic carbocycles. The Morgan fingerprint density at radius 1 is 1.03 bits per heavy atom. The Morgan fingerprint density at radius 2 is 1.71 bits per heavy atom. The summed E-state index contributed by atoms with van der Waals surface area (Å²) < 4.78 is 5.22. The van der Waals surface area contributed by atoms with Crippen molar-refractivity contribution in [1.29, 1.82) is 0 Å². The number of piperidine rings is 1. The number of carbonyl (C=O) groups is 1. The third-order valence-electron chi connectivity index (χ3n) is 7.08. The molecule has 1 amide bonds. The lowest BCUT2D eigenvalue weighted by molar-refractivity contribution is -0.384. The summed E-state index contributed by atoms with van der Waals surface area (Å²) in [6, 6.07) is 12.9. The van der Waals surface area contributed by atoms with Crippen molar-refractivity contribution in [1.82, 2.24) is 9.80 Å². The molecular weight excluding hydrogens is 432 g/mol. The molecule has 0 saturated carbocycles. The largest absolute Gasteiger partial charge is 0.497 e. The van der Waals surface area contributed by atoms with Crippen molar-refractivity contribution in [3.8, 4) is 5.75 Å². The normalized spacial score (nSPS) is 17.6. The first kappa shape index (κ1) is 24.0. The highest BCUT2D eigenvalue weighted by atomic mass is 16.6. The van der Waals surface area contributed by atoms with Gasteiger partial charge in [0.25, 0.3) is 11.6 Å². The van der Waals surface area contributed by atoms with Gasteiger partial charge in [0.05, 0.1) is 23.3 Å². The molecule has 0 atom stereocenters. The number of non-ortho nitro benzene ring substituents is 1. The smallest absolute Gasteiger partial charge is 0.270 e. The zero-order chi connectivity index (χ0) is 24.1. The molecule has 2 aliphatic heterocycles. The predicted molar refractivity (Wildman–Crippen MR) is 133 cm³/mol. The molecule has 2 fully saturated rings. The van der Waals surface area contributed by atoms with Crippen LogP contribution in [0, 0.1) is 16.0 Å². The molecule has 8 heteroatoms. The fourth-order valence-corrected chi connectivity index (χ4v) is 4.76. The molecule has 0 unspecified atom stereocenters. The molecule has 0 spiro atoms. The van der Waals surface area contributed by atoms with E-state index >= 15 is 0 Å². The summed E-state index contributed by atoms with van der Waals surface area (Å²) in [5, 5.41) is 11.4. The third-order valence-corrected chi connectivity index (χ3v) is 7.08. The second kappa shape index (κ2) is 10.9. The highest BCUT2D eigenvalue weighted by Gasteiger charge is 2.28. The number of nitrogens with zero attached hydrogens (tertiary/aromatic N) is 4. The van der Waals surface area contributed by atoms with E-state index in [2.05, 4.69) is 28.9 Å². The Balaban J connectivity index is 1.39. The lowest BCUT2D eigenvalue weighted by Gasteiger charge is -2.37. The number of nitro groups is 1. The number of carbonyl (C=O) groups excluding carboxylic acids is 1. The average Bonchev–Trinajstić information content (AvgIpc) is 2.88. The van der Waals surface area contributed by atoms with Crippen LogP contribution in [0.3, 0.4) is 0 Å². The zero-order valence-corrected chi connectivity index (χ0v) is 20.1. The monoisotopic (exact) mass is 466 g/mol. The molecule has 2 saturated heterocycles. The molecule has 0 N–H and O–H groups in total. The number of ether oxygens (including phenoxy) is 1. The summed E-state index contributed by atoms with van der Waals surface area (Å²) in [7, 11) is 1.67. The minimum absolute atomic E-state index is 0.0318. The van der Waals surface area contributed by atoms with Crippen molar-refractivity contribution < 1.29 is 14.5 Å². The number of benzene rings is 2. The van der Waals surface area contributed by atoms with Crippen molar-refractivity contribution in [2.45, 2.75) is 26.2 Å². The maximum atomic E-state index is 13.5. The van der Waals surface area contributed by atoms with E-state index in [1.54, 1.807) is 13.2 Å². The van der Waals surface area contributed by atoms with Crippen LogP contribution in [0.1, 0.15) is 35.7 Å². The van der Waals surface area contributed by atoms with Gasteiger partial charge in [-0.25, -0.2) is 0 Å². The van der Waals surface area contributed by atoms with Crippen LogP contribution in [0.5, 0.6) is 5.75 Å². The third kappa shape index (κ3) is 5.67. The summed E-state index contributed by atoms with van der Waals surface area (Å²) in [4.78, 5) is 30.9. The van der Waals surface area contributed by atoms with Gasteiger partial charge >= 0.3 is 0 Å². The van der Waals surface area contributed by atoms with Crippen molar-refractivity contribution in [3.63, 3.8) is 0 Å². The zero-order valence-electron chi connectivity index (χ0n) is 20.1. The van der Waals surface area contributed by atoms with E-state index < -0.39 is 4.92 Å². The van der Waals surface area contributed by atoms with Gasteiger partial charge in [-0.15, -0.1) is 0 Å². The predicted octanol–water partition coefficient (Wildman–Crippen LogP) is 3.84. The second-order valence-corrected chi connectivity index (χ2v) is 9.36. The van der Waals surface area contributed by atoms with Crippen molar-refractivity contribution in [2.24, 2.45) is 5.92 Å². The number of nitro benzene ring substituents is 1. The highest BCUT2D eigenvalue weighted by Crippen LogP contribution is 2.30. The molecule has 2 aromatic rings. The Hall–Kier alpha value is -3.13. The first-order valence-corrected chi connectivity index (χ1v) is 12.1. The van der Waals surface area contributed by atoms with Crippen molar-refractivity contribution in [3.05, 3.63) is 63.7 Å². The second-order valence-electron chi connectivity index (χ2n) is 9.36. The maximum Gasteiger partial charge on any atom is 0.270 e. The fourth-order valence-electron chi connectivity index (χ4n) is 4.76. The van der Waals surface area contributed by atoms with Crippen molar-refractivity contribution in [2.75, 3.05) is 57.8 Å². The quantitative estimate of drug-likeness (QED) is 0.456. The summed E-state index contributed by atoms with van der Waals surface area (Å²) >= 11 is 0. The van der Waals surface area contributed by atoms with Crippen LogP contribution >= 0.6 is 0 Å². The molecule has 8 nitrogen and oxygen atoms in total. The summed E-state index contributed by atoms with van der Waals surface area (Å²) in [5.41, 5.74) is 2.51. The lowest BCUT2D eigenvalue weighted by atomic mass is 9.97. The van der Waals surface area contributed by atoms with Gasteiger partial charge in [-0.3, -0.25) is 19.8 Å². The molecule has 34 heavy (non-hydrogen) atoms. The number of piperazine rings is 1. The number of hydrogen-bond donors (Lipinski definition) is 0. The summed E-state index contributed by atoms with van der Waals surface area (Å²) in [6.45, 7) is 7.77. The topological polar surface area (TPSA) is 79.2 Å². The number of rotatable bonds is 7. The van der Waals surface area contributed by atoms with E-state index in [4.69, 9.17) is 4.74 Å². The van der Waals surface area contributed by atoms with Gasteiger partial charge in [0.2, 0.25) is 0 Å². The standard InChI is InChI=1S/C26H34N4O4/c1-20-9-13-28(14-10-20)25-8-5-22(30(32)33)19-24(25)26(31)29-17-15-27(16-18-29)12-11-21-3-6-23(34-2)7-4-21/h3-8,19-20H,9-18H2,1-2H3. The van der Waals surface area contributed by atoms with Gasteiger partial charge in [0.1, 0.15) is 5.75 Å². The van der Waals surface area contributed by atoms with Crippen LogP contribution in [0.2, 0.25) is 0 Å². The molecule has 0 bridgehead atoms. The number of anilines is 1. The van der Waals surface area contributed by atoms with E-state index in [-0.39, 0.29) is 11.6 Å². The Kier molecular flexibility index (Phi) is 7.67. The van der Waals surface area contributed by atoms with Crippen LogP contribution in [0.15, 0.2) is 42.5 Å². The van der Waals surface area contributed by atoms with E-state index in [1.807, 2.05) is 17.0 Å². The first-order chi connectivity index (χ1) is 16.4. The maximum absolute atomic E-state index is 13.5. The number of hydrogen-bond acceptors (Lipinski definition) is 6. The van der Waals surface area contributed by atoms with Crippen LogP contribution in [-0.2, 0) is 6.42 Å². The molecule has 4 rings (SSSR count). The van der Waals surface area contributed by atoms with Gasteiger partial charge in [0.15, 0.2) is 0 Å². The minimum atomic E-state index is -0.421. The van der Waals surface area contributed by atoms with Gasteiger partial charge < -0.3 is 14.5 Å². The molecule has 0 aliphatic carbocycles. The van der Waals surface area contributed by atoms with Crippen LogP contribution in [0.25, 0.3) is 0 Å². The van der Waals surface area contributed by atoms with E-state index in [9.17, 15) is 14.9 Å². The fraction of sp³-hybridized carbons (Fsp3) is 0.500. The van der Waals surface area contributed by atoms with Crippen molar-refractivity contribution >= 4 is 17.3 Å². The molecule has 0 aromatic heterocycles. The van der Waals surface area contributed by atoms with Crippen LogP contribution < -0.4 is 9.64 Å². The van der Waals surface area contributed by atoms with Crippen LogP contribution in [0.4, 0.5) is 11.4 Å².